The van der Waals surface area contributed by atoms with Gasteiger partial charge in [0.2, 0.25) is 0 Å². The second-order valence-corrected chi connectivity index (χ2v) is 3.20. The van der Waals surface area contributed by atoms with E-state index in [1.165, 1.54) is 0 Å². The number of hydrogen-bond acceptors (Lipinski definition) is 2. The van der Waals surface area contributed by atoms with E-state index < -0.39 is 0 Å². The summed E-state index contributed by atoms with van der Waals surface area (Å²) >= 11 is 5.91. The highest BCUT2D eigenvalue weighted by Crippen LogP contribution is 2.22. The predicted molar refractivity (Wildman–Crippen MR) is 51.1 cm³/mol. The van der Waals surface area contributed by atoms with E-state index in [1.807, 2.05) is 6.07 Å². The first-order valence-corrected chi connectivity index (χ1v) is 4.48. The molecule has 2 nitrogen and oxygen atoms in total. The van der Waals surface area contributed by atoms with Crippen LogP contribution in [0.15, 0.2) is 18.5 Å². The molecule has 0 amide bonds. The fourth-order valence-corrected chi connectivity index (χ4v) is 1.41. The van der Waals surface area contributed by atoms with Crippen LogP contribution in [-0.2, 0) is 0 Å². The van der Waals surface area contributed by atoms with E-state index in [9.17, 15) is 0 Å². The molecule has 0 saturated heterocycles. The SMILES string of the molecule is CCCC(N)c1ccncc1Cl. The van der Waals surface area contributed by atoms with Crippen LogP contribution in [0, 0.1) is 0 Å². The third-order valence-corrected chi connectivity index (χ3v) is 2.12. The molecule has 0 aromatic carbocycles. The van der Waals surface area contributed by atoms with Crippen LogP contribution in [0.1, 0.15) is 31.4 Å². The summed E-state index contributed by atoms with van der Waals surface area (Å²) in [6, 6.07) is 1.92. The maximum absolute atomic E-state index is 5.91. The van der Waals surface area contributed by atoms with Gasteiger partial charge in [0.15, 0.2) is 0 Å². The molecule has 12 heavy (non-hydrogen) atoms. The Balaban J connectivity index is 2.79. The van der Waals surface area contributed by atoms with Crippen LogP contribution >= 0.6 is 11.6 Å². The van der Waals surface area contributed by atoms with Crippen LogP contribution in [0.5, 0.6) is 0 Å². The molecular formula is C9H13ClN2. The van der Waals surface area contributed by atoms with Crippen molar-refractivity contribution in [3.8, 4) is 0 Å². The Bertz CT molecular complexity index is 250. The van der Waals surface area contributed by atoms with Gasteiger partial charge in [0.05, 0.1) is 5.02 Å². The fourth-order valence-electron chi connectivity index (χ4n) is 1.15. The zero-order valence-electron chi connectivity index (χ0n) is 7.13. The largest absolute Gasteiger partial charge is 0.324 e. The normalized spacial score (nSPS) is 12.9. The Morgan fingerprint density at radius 3 is 3.00 bits per heavy atom. The van der Waals surface area contributed by atoms with Crippen molar-refractivity contribution >= 4 is 11.6 Å². The summed E-state index contributed by atoms with van der Waals surface area (Å²) in [5.41, 5.74) is 6.89. The molecule has 0 radical (unpaired) electrons. The molecule has 1 aromatic rings. The zero-order valence-corrected chi connectivity index (χ0v) is 7.88. The number of halogens is 1. The number of rotatable bonds is 3. The minimum absolute atomic E-state index is 0.0468. The third-order valence-electron chi connectivity index (χ3n) is 1.80. The van der Waals surface area contributed by atoms with Crippen molar-refractivity contribution < 1.29 is 0 Å². The predicted octanol–water partition coefficient (Wildman–Crippen LogP) is 2.53. The highest BCUT2D eigenvalue weighted by atomic mass is 35.5. The van der Waals surface area contributed by atoms with Gasteiger partial charge in [-0.3, -0.25) is 4.98 Å². The summed E-state index contributed by atoms with van der Waals surface area (Å²) in [5.74, 6) is 0. The topological polar surface area (TPSA) is 38.9 Å². The molecule has 1 heterocycles. The average Bonchev–Trinajstić information content (AvgIpc) is 2.05. The molecule has 0 aliphatic carbocycles. The van der Waals surface area contributed by atoms with Crippen molar-refractivity contribution in [2.45, 2.75) is 25.8 Å². The lowest BCUT2D eigenvalue weighted by atomic mass is 10.1. The second kappa shape index (κ2) is 4.43. The molecular weight excluding hydrogens is 172 g/mol. The maximum atomic E-state index is 5.91. The monoisotopic (exact) mass is 184 g/mol. The van der Waals surface area contributed by atoms with Crippen LogP contribution in [0.2, 0.25) is 5.02 Å². The average molecular weight is 185 g/mol. The summed E-state index contributed by atoms with van der Waals surface area (Å²) in [4.78, 5) is 3.90. The van der Waals surface area contributed by atoms with Crippen molar-refractivity contribution in [3.05, 3.63) is 29.0 Å². The highest BCUT2D eigenvalue weighted by Gasteiger charge is 2.07. The summed E-state index contributed by atoms with van der Waals surface area (Å²) < 4.78 is 0. The molecule has 1 atom stereocenters. The summed E-state index contributed by atoms with van der Waals surface area (Å²) in [5, 5.41) is 0.665. The molecule has 1 aromatic heterocycles. The van der Waals surface area contributed by atoms with Crippen molar-refractivity contribution in [2.24, 2.45) is 5.73 Å². The van der Waals surface area contributed by atoms with E-state index in [-0.39, 0.29) is 6.04 Å². The summed E-state index contributed by atoms with van der Waals surface area (Å²) in [6.45, 7) is 2.11. The van der Waals surface area contributed by atoms with Gasteiger partial charge in [0, 0.05) is 18.4 Å². The first kappa shape index (κ1) is 9.49. The minimum Gasteiger partial charge on any atom is -0.324 e. The number of hydrogen-bond donors (Lipinski definition) is 1. The Labute approximate surface area is 77.8 Å². The molecule has 1 unspecified atom stereocenters. The number of aromatic nitrogens is 1. The molecule has 0 bridgehead atoms. The molecule has 3 heteroatoms. The molecule has 0 aliphatic heterocycles. The van der Waals surface area contributed by atoms with E-state index >= 15 is 0 Å². The van der Waals surface area contributed by atoms with Crippen LogP contribution in [0.25, 0.3) is 0 Å². The number of pyridine rings is 1. The van der Waals surface area contributed by atoms with Crippen LogP contribution in [0.4, 0.5) is 0 Å². The van der Waals surface area contributed by atoms with Crippen molar-refractivity contribution in [2.75, 3.05) is 0 Å². The fraction of sp³-hybridized carbons (Fsp3) is 0.444. The Morgan fingerprint density at radius 1 is 1.67 bits per heavy atom. The second-order valence-electron chi connectivity index (χ2n) is 2.79. The first-order chi connectivity index (χ1) is 5.75. The van der Waals surface area contributed by atoms with Crippen LogP contribution in [-0.4, -0.2) is 4.98 Å². The number of nitrogens with zero attached hydrogens (tertiary/aromatic N) is 1. The molecule has 0 fully saturated rings. The standard InChI is InChI=1S/C9H13ClN2/c1-2-3-9(11)7-4-5-12-6-8(7)10/h4-6,9H,2-3,11H2,1H3. The third kappa shape index (κ3) is 2.19. The van der Waals surface area contributed by atoms with Gasteiger partial charge in [-0.25, -0.2) is 0 Å². The lowest BCUT2D eigenvalue weighted by molar-refractivity contribution is 0.638. The lowest BCUT2D eigenvalue weighted by Gasteiger charge is -2.11. The molecule has 2 N–H and O–H groups in total. The Kier molecular flexibility index (Phi) is 3.50. The highest BCUT2D eigenvalue weighted by molar-refractivity contribution is 6.31. The van der Waals surface area contributed by atoms with E-state index in [0.717, 1.165) is 18.4 Å². The van der Waals surface area contributed by atoms with Gasteiger partial charge in [-0.1, -0.05) is 24.9 Å². The zero-order chi connectivity index (χ0) is 8.97. The van der Waals surface area contributed by atoms with Gasteiger partial charge in [-0.2, -0.15) is 0 Å². The van der Waals surface area contributed by atoms with Gasteiger partial charge in [-0.15, -0.1) is 0 Å². The molecule has 66 valence electrons. The van der Waals surface area contributed by atoms with Crippen molar-refractivity contribution in [1.29, 1.82) is 0 Å². The van der Waals surface area contributed by atoms with Gasteiger partial charge in [-0.05, 0) is 18.1 Å². The van der Waals surface area contributed by atoms with E-state index in [4.69, 9.17) is 17.3 Å². The molecule has 0 aliphatic rings. The van der Waals surface area contributed by atoms with E-state index in [0.29, 0.717) is 5.02 Å². The quantitative estimate of drug-likeness (QED) is 0.784. The molecule has 0 spiro atoms. The Morgan fingerprint density at radius 2 is 2.42 bits per heavy atom. The maximum Gasteiger partial charge on any atom is 0.0637 e. The van der Waals surface area contributed by atoms with Crippen LogP contribution in [0.3, 0.4) is 0 Å². The van der Waals surface area contributed by atoms with Gasteiger partial charge >= 0.3 is 0 Å². The van der Waals surface area contributed by atoms with Crippen LogP contribution < -0.4 is 5.73 Å². The summed E-state index contributed by atoms with van der Waals surface area (Å²) in [7, 11) is 0. The number of nitrogens with two attached hydrogens (primary N) is 1. The molecule has 1 rings (SSSR count). The first-order valence-electron chi connectivity index (χ1n) is 4.10. The van der Waals surface area contributed by atoms with Crippen molar-refractivity contribution in [1.82, 2.24) is 4.98 Å². The van der Waals surface area contributed by atoms with Gasteiger partial charge in [0.1, 0.15) is 0 Å². The minimum atomic E-state index is 0.0468. The van der Waals surface area contributed by atoms with Gasteiger partial charge < -0.3 is 5.73 Å². The Hall–Kier alpha value is -0.600. The molecule has 0 saturated carbocycles. The van der Waals surface area contributed by atoms with E-state index in [1.54, 1.807) is 12.4 Å². The smallest absolute Gasteiger partial charge is 0.0637 e. The van der Waals surface area contributed by atoms with Gasteiger partial charge in [0.25, 0.3) is 0 Å². The van der Waals surface area contributed by atoms with Crippen molar-refractivity contribution in [3.63, 3.8) is 0 Å². The van der Waals surface area contributed by atoms with E-state index in [2.05, 4.69) is 11.9 Å². The summed E-state index contributed by atoms with van der Waals surface area (Å²) in [6.07, 6.45) is 5.38. The lowest BCUT2D eigenvalue weighted by Crippen LogP contribution is -2.10.